The zero-order chi connectivity index (χ0) is 21.3. The molecule has 3 aromatic rings. The van der Waals surface area contributed by atoms with Crippen LogP contribution in [0.5, 0.6) is 5.75 Å². The Balaban J connectivity index is 1.66. The first-order valence-corrected chi connectivity index (χ1v) is 10.7. The monoisotopic (exact) mass is 421 g/mol. The number of anilines is 1. The van der Waals surface area contributed by atoms with E-state index >= 15 is 0 Å². The molecule has 0 aliphatic carbocycles. The third kappa shape index (κ3) is 5.88. The first-order valence-electron chi connectivity index (χ1n) is 9.67. The van der Waals surface area contributed by atoms with Crippen molar-refractivity contribution in [2.45, 2.75) is 25.2 Å². The van der Waals surface area contributed by atoms with Crippen LogP contribution in [-0.2, 0) is 0 Å². The van der Waals surface area contributed by atoms with Crippen LogP contribution in [0, 0.1) is 17.2 Å². The van der Waals surface area contributed by atoms with Gasteiger partial charge in [-0.2, -0.15) is 5.26 Å². The van der Waals surface area contributed by atoms with Gasteiger partial charge in [-0.15, -0.1) is 11.8 Å². The smallest absolute Gasteiger partial charge is 0.277 e. The Morgan fingerprint density at radius 2 is 2.00 bits per heavy atom. The highest BCUT2D eigenvalue weighted by atomic mass is 32.2. The number of nitrogens with zero attached hydrogens (tertiary/aromatic N) is 2. The lowest BCUT2D eigenvalue weighted by Gasteiger charge is -2.08. The molecule has 1 aromatic heterocycles. The normalized spacial score (nSPS) is 10.6. The zero-order valence-corrected chi connectivity index (χ0v) is 17.7. The van der Waals surface area contributed by atoms with E-state index in [0.717, 1.165) is 16.2 Å². The van der Waals surface area contributed by atoms with Gasteiger partial charge in [0.05, 0.1) is 18.4 Å². The summed E-state index contributed by atoms with van der Waals surface area (Å²) in [5.74, 6) is 2.06. The Kier molecular flexibility index (Phi) is 7.52. The van der Waals surface area contributed by atoms with Crippen LogP contribution in [0.25, 0.3) is 11.3 Å². The van der Waals surface area contributed by atoms with Crippen LogP contribution in [0.2, 0.25) is 0 Å². The highest BCUT2D eigenvalue weighted by Gasteiger charge is 2.15. The van der Waals surface area contributed by atoms with Crippen molar-refractivity contribution in [2.24, 2.45) is 5.92 Å². The minimum Gasteiger partial charge on any atom is -0.493 e. The second kappa shape index (κ2) is 10.5. The maximum atomic E-state index is 12.6. The highest BCUT2D eigenvalue weighted by Crippen LogP contribution is 2.28. The van der Waals surface area contributed by atoms with Gasteiger partial charge in [-0.25, -0.2) is 0 Å². The summed E-state index contributed by atoms with van der Waals surface area (Å²) in [6.45, 7) is 4.85. The molecule has 2 aromatic carbocycles. The molecule has 3 rings (SSSR count). The van der Waals surface area contributed by atoms with Crippen molar-refractivity contribution < 1.29 is 14.1 Å². The van der Waals surface area contributed by atoms with Crippen LogP contribution in [0.15, 0.2) is 64.0 Å². The first-order chi connectivity index (χ1) is 14.6. The molecule has 0 aliphatic heterocycles. The topological polar surface area (TPSA) is 88.1 Å². The molecule has 6 nitrogen and oxygen atoms in total. The van der Waals surface area contributed by atoms with Crippen LogP contribution >= 0.6 is 11.8 Å². The molecule has 1 N–H and O–H groups in total. The first kappa shape index (κ1) is 21.5. The van der Waals surface area contributed by atoms with Gasteiger partial charge < -0.3 is 14.6 Å². The molecular weight excluding hydrogens is 398 g/mol. The van der Waals surface area contributed by atoms with Gasteiger partial charge in [0.15, 0.2) is 11.5 Å². The number of hydrogen-bond donors (Lipinski definition) is 1. The number of nitriles is 1. The third-order valence-electron chi connectivity index (χ3n) is 4.07. The second-order valence-electron chi connectivity index (χ2n) is 7.01. The Morgan fingerprint density at radius 3 is 2.73 bits per heavy atom. The highest BCUT2D eigenvalue weighted by molar-refractivity contribution is 7.99. The number of nitrogens with one attached hydrogen (secondary N) is 1. The molecule has 0 fully saturated rings. The van der Waals surface area contributed by atoms with Crippen molar-refractivity contribution >= 4 is 23.4 Å². The maximum absolute atomic E-state index is 12.6. The summed E-state index contributed by atoms with van der Waals surface area (Å²) in [6, 6.07) is 18.7. The van der Waals surface area contributed by atoms with Gasteiger partial charge in [0.2, 0.25) is 0 Å². The van der Waals surface area contributed by atoms with Crippen LogP contribution in [-0.4, -0.2) is 23.4 Å². The third-order valence-corrected chi connectivity index (χ3v) is 5.15. The summed E-state index contributed by atoms with van der Waals surface area (Å²) in [6.07, 6.45) is 0.445. The molecule has 0 spiro atoms. The Hall–Kier alpha value is -3.24. The van der Waals surface area contributed by atoms with Gasteiger partial charge in [-0.3, -0.25) is 4.79 Å². The summed E-state index contributed by atoms with van der Waals surface area (Å²) >= 11 is 1.52. The van der Waals surface area contributed by atoms with Gasteiger partial charge >= 0.3 is 0 Å². The van der Waals surface area contributed by atoms with E-state index in [1.165, 1.54) is 11.8 Å². The number of rotatable bonds is 9. The molecule has 0 unspecified atom stereocenters. The van der Waals surface area contributed by atoms with E-state index in [1.54, 1.807) is 6.07 Å². The molecule has 0 atom stereocenters. The van der Waals surface area contributed by atoms with Crippen molar-refractivity contribution in [1.29, 1.82) is 5.26 Å². The number of aromatic nitrogens is 1. The number of para-hydroxylation sites is 1. The Bertz CT molecular complexity index is 1020. The van der Waals surface area contributed by atoms with Gasteiger partial charge in [-0.1, -0.05) is 31.1 Å². The lowest BCUT2D eigenvalue weighted by atomic mass is 10.1. The summed E-state index contributed by atoms with van der Waals surface area (Å²) in [4.78, 5) is 13.5. The molecule has 0 saturated heterocycles. The largest absolute Gasteiger partial charge is 0.493 e. The number of ether oxygens (including phenoxy) is 1. The van der Waals surface area contributed by atoms with E-state index in [4.69, 9.17) is 14.5 Å². The predicted molar refractivity (Wildman–Crippen MR) is 118 cm³/mol. The summed E-state index contributed by atoms with van der Waals surface area (Å²) in [5.41, 5.74) is 1.69. The Labute approximate surface area is 180 Å². The molecule has 0 radical (unpaired) electrons. The molecule has 0 saturated carbocycles. The molecule has 30 heavy (non-hydrogen) atoms. The fraction of sp³-hybridized carbons (Fsp3) is 0.261. The summed E-state index contributed by atoms with van der Waals surface area (Å²) in [5, 5.41) is 15.5. The fourth-order valence-corrected chi connectivity index (χ4v) is 3.45. The summed E-state index contributed by atoms with van der Waals surface area (Å²) < 4.78 is 11.0. The second-order valence-corrected chi connectivity index (χ2v) is 8.15. The van der Waals surface area contributed by atoms with Crippen molar-refractivity contribution in [3.63, 3.8) is 0 Å². The van der Waals surface area contributed by atoms with Crippen molar-refractivity contribution in [3.05, 3.63) is 60.3 Å². The minimum atomic E-state index is -0.352. The van der Waals surface area contributed by atoms with Gasteiger partial charge in [0.1, 0.15) is 5.75 Å². The van der Waals surface area contributed by atoms with Gasteiger partial charge in [0, 0.05) is 28.7 Å². The average molecular weight is 422 g/mol. The van der Waals surface area contributed by atoms with Crippen LogP contribution < -0.4 is 10.1 Å². The molecule has 0 bridgehead atoms. The lowest BCUT2D eigenvalue weighted by Crippen LogP contribution is -2.12. The number of hydrogen-bond acceptors (Lipinski definition) is 6. The molecule has 7 heteroatoms. The van der Waals surface area contributed by atoms with E-state index < -0.39 is 0 Å². The standard InChI is InChI=1S/C23H23N3O3S/c1-16(2)15-28-18-10-8-17(9-11-18)21-14-20(26-29-21)23(27)25-19-6-3-4-7-22(19)30-13-5-12-24/h3-4,6-11,14,16H,5,13,15H2,1-2H3,(H,25,27). The number of benzene rings is 2. The van der Waals surface area contributed by atoms with Gasteiger partial charge in [-0.05, 0) is 42.3 Å². The van der Waals surface area contributed by atoms with E-state index in [1.807, 2.05) is 48.5 Å². The van der Waals surface area contributed by atoms with Crippen molar-refractivity contribution in [2.75, 3.05) is 17.7 Å². The van der Waals surface area contributed by atoms with Crippen molar-refractivity contribution in [3.8, 4) is 23.1 Å². The number of carbonyl (C=O) groups excluding carboxylic acids is 1. The number of amides is 1. The molecular formula is C23H23N3O3S. The number of carbonyl (C=O) groups is 1. The molecule has 154 valence electrons. The average Bonchev–Trinajstić information content (AvgIpc) is 3.24. The lowest BCUT2D eigenvalue weighted by molar-refractivity contribution is 0.101. The molecule has 0 aliphatic rings. The van der Waals surface area contributed by atoms with Crippen LogP contribution in [0.1, 0.15) is 30.8 Å². The zero-order valence-electron chi connectivity index (χ0n) is 16.9. The molecule has 1 heterocycles. The minimum absolute atomic E-state index is 0.196. The molecule has 1 amide bonds. The predicted octanol–water partition coefficient (Wildman–Crippen LogP) is 5.63. The SMILES string of the molecule is CC(C)COc1ccc(-c2cc(C(=O)Nc3ccccc3SCCC#N)no2)cc1. The van der Waals surface area contributed by atoms with E-state index in [2.05, 4.69) is 30.4 Å². The van der Waals surface area contributed by atoms with E-state index in [9.17, 15) is 4.79 Å². The number of thioether (sulfide) groups is 1. The van der Waals surface area contributed by atoms with Gasteiger partial charge in [0.25, 0.3) is 5.91 Å². The van der Waals surface area contributed by atoms with Crippen LogP contribution in [0.4, 0.5) is 5.69 Å². The maximum Gasteiger partial charge on any atom is 0.277 e. The van der Waals surface area contributed by atoms with Crippen LogP contribution in [0.3, 0.4) is 0 Å². The van der Waals surface area contributed by atoms with E-state index in [0.29, 0.717) is 36.1 Å². The quantitative estimate of drug-likeness (QED) is 0.356. The Morgan fingerprint density at radius 1 is 1.23 bits per heavy atom. The van der Waals surface area contributed by atoms with Crippen molar-refractivity contribution in [1.82, 2.24) is 5.16 Å². The fourth-order valence-electron chi connectivity index (χ4n) is 2.59. The van der Waals surface area contributed by atoms with E-state index in [-0.39, 0.29) is 11.6 Å². The summed E-state index contributed by atoms with van der Waals surface area (Å²) in [7, 11) is 0.